The molecule has 2 unspecified atom stereocenters. The van der Waals surface area contributed by atoms with Crippen molar-refractivity contribution in [3.63, 3.8) is 0 Å². The Hall–Kier alpha value is -1.09. The molecule has 0 spiro atoms. The van der Waals surface area contributed by atoms with Gasteiger partial charge in [0.25, 0.3) is 0 Å². The highest BCUT2D eigenvalue weighted by Crippen LogP contribution is 2.49. The van der Waals surface area contributed by atoms with Gasteiger partial charge in [-0.3, -0.25) is 0 Å². The molecule has 1 aromatic carbocycles. The normalized spacial score (nSPS) is 24.2. The van der Waals surface area contributed by atoms with Crippen LogP contribution in [0.2, 0.25) is 0 Å². The summed E-state index contributed by atoms with van der Waals surface area (Å²) >= 11 is 0. The Morgan fingerprint density at radius 3 is 2.40 bits per heavy atom. The Labute approximate surface area is 121 Å². The maximum absolute atomic E-state index is 12.9. The fourth-order valence-electron chi connectivity index (χ4n) is 3.39. The molecule has 2 nitrogen and oxygen atoms in total. The van der Waals surface area contributed by atoms with E-state index in [9.17, 15) is 4.39 Å². The number of halogens is 1. The average Bonchev–Trinajstić information content (AvgIpc) is 2.45. The second-order valence-corrected chi connectivity index (χ2v) is 5.74. The van der Waals surface area contributed by atoms with Gasteiger partial charge in [-0.1, -0.05) is 20.8 Å². The van der Waals surface area contributed by atoms with Crippen LogP contribution in [-0.2, 0) is 0 Å². The summed E-state index contributed by atoms with van der Waals surface area (Å²) in [5.41, 5.74) is 0.212. The Kier molecular flexibility index (Phi) is 5.03. The van der Waals surface area contributed by atoms with Gasteiger partial charge in [0.05, 0.1) is 0 Å². The molecule has 20 heavy (non-hydrogen) atoms. The van der Waals surface area contributed by atoms with Crippen molar-refractivity contribution in [2.75, 3.05) is 6.54 Å². The van der Waals surface area contributed by atoms with E-state index in [4.69, 9.17) is 4.74 Å². The first-order valence-corrected chi connectivity index (χ1v) is 7.81. The van der Waals surface area contributed by atoms with E-state index >= 15 is 0 Å². The lowest BCUT2D eigenvalue weighted by molar-refractivity contribution is -0.0858. The van der Waals surface area contributed by atoms with Gasteiger partial charge in [-0.15, -0.1) is 0 Å². The quantitative estimate of drug-likeness (QED) is 0.809. The van der Waals surface area contributed by atoms with Gasteiger partial charge in [-0.25, -0.2) is 4.39 Å². The smallest absolute Gasteiger partial charge is 0.123 e. The van der Waals surface area contributed by atoms with E-state index in [-0.39, 0.29) is 17.3 Å². The van der Waals surface area contributed by atoms with Crippen molar-refractivity contribution < 1.29 is 9.13 Å². The van der Waals surface area contributed by atoms with Crippen molar-refractivity contribution in [3.8, 4) is 5.75 Å². The van der Waals surface area contributed by atoms with Crippen LogP contribution < -0.4 is 10.1 Å². The van der Waals surface area contributed by atoms with Crippen molar-refractivity contribution in [2.24, 2.45) is 5.41 Å². The van der Waals surface area contributed by atoms with Gasteiger partial charge in [0.15, 0.2) is 0 Å². The Morgan fingerprint density at radius 1 is 1.20 bits per heavy atom. The first-order valence-electron chi connectivity index (χ1n) is 7.81. The molecule has 112 valence electrons. The van der Waals surface area contributed by atoms with Gasteiger partial charge in [-0.2, -0.15) is 0 Å². The summed E-state index contributed by atoms with van der Waals surface area (Å²) in [5, 5.41) is 3.65. The van der Waals surface area contributed by atoms with Crippen LogP contribution in [0, 0.1) is 11.2 Å². The topological polar surface area (TPSA) is 21.3 Å². The third-order valence-electron chi connectivity index (χ3n) is 4.83. The Morgan fingerprint density at radius 2 is 1.85 bits per heavy atom. The van der Waals surface area contributed by atoms with E-state index in [1.165, 1.54) is 12.1 Å². The summed E-state index contributed by atoms with van der Waals surface area (Å²) in [6, 6.07) is 6.90. The van der Waals surface area contributed by atoms with Crippen molar-refractivity contribution in [1.29, 1.82) is 0 Å². The fourth-order valence-corrected chi connectivity index (χ4v) is 3.39. The Bertz CT molecular complexity index is 414. The molecule has 1 aromatic rings. The van der Waals surface area contributed by atoms with Crippen LogP contribution in [0.15, 0.2) is 24.3 Å². The molecule has 2 rings (SSSR count). The van der Waals surface area contributed by atoms with E-state index in [1.54, 1.807) is 12.1 Å². The third-order valence-corrected chi connectivity index (χ3v) is 4.83. The molecule has 1 aliphatic carbocycles. The number of hydrogen-bond acceptors (Lipinski definition) is 2. The zero-order valence-electron chi connectivity index (χ0n) is 12.8. The molecule has 1 aliphatic rings. The Balaban J connectivity index is 2.03. The van der Waals surface area contributed by atoms with E-state index in [2.05, 4.69) is 26.1 Å². The molecule has 1 saturated carbocycles. The SMILES string of the molecule is CCCNC1CC(Oc2ccc(F)cc2)C1(CC)CC. The molecular formula is C17H26FNO. The molecule has 0 heterocycles. The van der Waals surface area contributed by atoms with E-state index in [1.807, 2.05) is 0 Å². The number of benzene rings is 1. The molecule has 0 radical (unpaired) electrons. The first kappa shape index (κ1) is 15.3. The number of ether oxygens (including phenoxy) is 1. The highest BCUT2D eigenvalue weighted by atomic mass is 19.1. The lowest BCUT2D eigenvalue weighted by Gasteiger charge is -2.55. The van der Waals surface area contributed by atoms with Crippen LogP contribution in [0.25, 0.3) is 0 Å². The summed E-state index contributed by atoms with van der Waals surface area (Å²) in [7, 11) is 0. The van der Waals surface area contributed by atoms with Gasteiger partial charge in [-0.05, 0) is 50.1 Å². The standard InChI is InChI=1S/C17H26FNO/c1-4-11-19-15-12-16(17(15,5-2)6-3)20-14-9-7-13(18)8-10-14/h7-10,15-16,19H,4-6,11-12H2,1-3H3. The maximum Gasteiger partial charge on any atom is 0.123 e. The van der Waals surface area contributed by atoms with Gasteiger partial charge >= 0.3 is 0 Å². The second kappa shape index (κ2) is 6.57. The summed E-state index contributed by atoms with van der Waals surface area (Å²) in [6.07, 6.45) is 4.65. The predicted molar refractivity (Wildman–Crippen MR) is 80.5 cm³/mol. The van der Waals surface area contributed by atoms with Gasteiger partial charge in [0.1, 0.15) is 17.7 Å². The summed E-state index contributed by atoms with van der Waals surface area (Å²) in [6.45, 7) is 7.74. The van der Waals surface area contributed by atoms with Crippen LogP contribution in [0.5, 0.6) is 5.75 Å². The maximum atomic E-state index is 12.9. The van der Waals surface area contributed by atoms with E-state index in [0.29, 0.717) is 6.04 Å². The fraction of sp³-hybridized carbons (Fsp3) is 0.647. The molecular weight excluding hydrogens is 253 g/mol. The molecule has 0 bridgehead atoms. The highest BCUT2D eigenvalue weighted by Gasteiger charge is 2.53. The molecule has 3 heteroatoms. The number of rotatable bonds is 7. The molecule has 2 atom stereocenters. The van der Waals surface area contributed by atoms with E-state index < -0.39 is 0 Å². The minimum Gasteiger partial charge on any atom is -0.490 e. The molecule has 1 fully saturated rings. The van der Waals surface area contributed by atoms with Gasteiger partial charge < -0.3 is 10.1 Å². The summed E-state index contributed by atoms with van der Waals surface area (Å²) in [5.74, 6) is 0.558. The lowest BCUT2D eigenvalue weighted by Crippen LogP contribution is -2.64. The van der Waals surface area contributed by atoms with Crippen molar-refractivity contribution in [3.05, 3.63) is 30.1 Å². The van der Waals surface area contributed by atoms with Crippen LogP contribution >= 0.6 is 0 Å². The van der Waals surface area contributed by atoms with Crippen molar-refractivity contribution >= 4 is 0 Å². The molecule has 0 aliphatic heterocycles. The zero-order chi connectivity index (χ0) is 14.6. The van der Waals surface area contributed by atoms with Crippen molar-refractivity contribution in [1.82, 2.24) is 5.32 Å². The molecule has 0 saturated heterocycles. The second-order valence-electron chi connectivity index (χ2n) is 5.74. The highest BCUT2D eigenvalue weighted by molar-refractivity contribution is 5.24. The van der Waals surface area contributed by atoms with Crippen LogP contribution in [-0.4, -0.2) is 18.7 Å². The van der Waals surface area contributed by atoms with Crippen molar-refractivity contribution in [2.45, 2.75) is 58.6 Å². The summed E-state index contributed by atoms with van der Waals surface area (Å²) in [4.78, 5) is 0. The third kappa shape index (κ3) is 2.83. The monoisotopic (exact) mass is 279 g/mol. The molecule has 1 N–H and O–H groups in total. The summed E-state index contributed by atoms with van der Waals surface area (Å²) < 4.78 is 19.0. The minimum atomic E-state index is -0.217. The van der Waals surface area contributed by atoms with E-state index in [0.717, 1.165) is 38.0 Å². The van der Waals surface area contributed by atoms with Gasteiger partial charge in [0.2, 0.25) is 0 Å². The number of hydrogen-bond donors (Lipinski definition) is 1. The zero-order valence-corrected chi connectivity index (χ0v) is 12.8. The largest absolute Gasteiger partial charge is 0.490 e. The molecule has 0 amide bonds. The molecule has 0 aromatic heterocycles. The van der Waals surface area contributed by atoms with Crippen LogP contribution in [0.4, 0.5) is 4.39 Å². The van der Waals surface area contributed by atoms with Crippen LogP contribution in [0.3, 0.4) is 0 Å². The van der Waals surface area contributed by atoms with Crippen LogP contribution in [0.1, 0.15) is 46.5 Å². The predicted octanol–water partition coefficient (Wildman–Crippen LogP) is 4.15. The first-order chi connectivity index (χ1) is 9.66. The number of nitrogens with one attached hydrogen (secondary N) is 1. The van der Waals surface area contributed by atoms with Gasteiger partial charge in [0, 0.05) is 17.9 Å². The average molecular weight is 279 g/mol. The lowest BCUT2D eigenvalue weighted by atomic mass is 9.58. The minimum absolute atomic E-state index is 0.212.